The molecule has 0 aliphatic heterocycles. The minimum absolute atomic E-state index is 0. The molecule has 0 spiro atoms. The number of methoxy groups -OCH3 is 1. The number of ether oxygens (including phenoxy) is 1. The van der Waals surface area contributed by atoms with Gasteiger partial charge in [0.15, 0.2) is 0 Å². The van der Waals surface area contributed by atoms with Crippen LogP contribution in [0.4, 0.5) is 0 Å². The van der Waals surface area contributed by atoms with Crippen LogP contribution < -0.4 is 0 Å². The van der Waals surface area contributed by atoms with Gasteiger partial charge in [0.05, 0.1) is 0 Å². The SMILES string of the molecule is COC1(CN(C)C)CC=CC=C1c1ccccc1.Cl. The predicted octanol–water partition coefficient (Wildman–Crippen LogP) is 3.40. The highest BCUT2D eigenvalue weighted by molar-refractivity contribution is 5.85. The second-order valence-corrected chi connectivity index (χ2v) is 5.01. The summed E-state index contributed by atoms with van der Waals surface area (Å²) in [5.41, 5.74) is 2.27. The van der Waals surface area contributed by atoms with Crippen molar-refractivity contribution in [1.29, 1.82) is 0 Å². The van der Waals surface area contributed by atoms with Crippen molar-refractivity contribution < 1.29 is 4.74 Å². The molecule has 0 N–H and O–H groups in total. The van der Waals surface area contributed by atoms with E-state index in [0.29, 0.717) is 0 Å². The molecule has 0 bridgehead atoms. The summed E-state index contributed by atoms with van der Waals surface area (Å²) in [6.07, 6.45) is 7.39. The molecule has 19 heavy (non-hydrogen) atoms. The molecule has 1 aliphatic carbocycles. The van der Waals surface area contributed by atoms with Crippen LogP contribution in [0.2, 0.25) is 0 Å². The third kappa shape index (κ3) is 3.47. The van der Waals surface area contributed by atoms with E-state index >= 15 is 0 Å². The molecule has 2 nitrogen and oxygen atoms in total. The minimum Gasteiger partial charge on any atom is -0.372 e. The molecule has 1 atom stereocenters. The van der Waals surface area contributed by atoms with E-state index in [1.54, 1.807) is 7.11 Å². The lowest BCUT2D eigenvalue weighted by atomic mass is 9.82. The lowest BCUT2D eigenvalue weighted by Crippen LogP contribution is -2.43. The Bertz CT molecular complexity index is 453. The molecule has 1 aromatic rings. The van der Waals surface area contributed by atoms with Crippen LogP contribution in [0.1, 0.15) is 12.0 Å². The van der Waals surface area contributed by atoms with E-state index in [-0.39, 0.29) is 18.0 Å². The second kappa shape index (κ2) is 6.90. The summed E-state index contributed by atoms with van der Waals surface area (Å²) in [6, 6.07) is 10.5. The van der Waals surface area contributed by atoms with Gasteiger partial charge in [0.2, 0.25) is 0 Å². The fourth-order valence-corrected chi connectivity index (χ4v) is 2.58. The zero-order valence-corrected chi connectivity index (χ0v) is 12.6. The van der Waals surface area contributed by atoms with Crippen molar-refractivity contribution in [3.05, 3.63) is 54.1 Å². The Morgan fingerprint density at radius 3 is 2.47 bits per heavy atom. The van der Waals surface area contributed by atoms with E-state index in [4.69, 9.17) is 4.74 Å². The van der Waals surface area contributed by atoms with Crippen LogP contribution in [-0.4, -0.2) is 38.3 Å². The predicted molar refractivity (Wildman–Crippen MR) is 83.7 cm³/mol. The van der Waals surface area contributed by atoms with Gasteiger partial charge in [-0.2, -0.15) is 0 Å². The third-order valence-corrected chi connectivity index (χ3v) is 3.38. The Morgan fingerprint density at radius 1 is 1.21 bits per heavy atom. The maximum absolute atomic E-state index is 5.90. The molecule has 104 valence electrons. The Morgan fingerprint density at radius 2 is 1.89 bits per heavy atom. The molecule has 1 aromatic carbocycles. The fourth-order valence-electron chi connectivity index (χ4n) is 2.58. The molecule has 0 amide bonds. The van der Waals surface area contributed by atoms with E-state index in [1.165, 1.54) is 11.1 Å². The molecule has 3 heteroatoms. The van der Waals surface area contributed by atoms with Crippen molar-refractivity contribution in [2.45, 2.75) is 12.0 Å². The monoisotopic (exact) mass is 279 g/mol. The Labute approximate surface area is 122 Å². The highest BCUT2D eigenvalue weighted by atomic mass is 35.5. The van der Waals surface area contributed by atoms with Gasteiger partial charge < -0.3 is 9.64 Å². The lowest BCUT2D eigenvalue weighted by Gasteiger charge is -2.38. The van der Waals surface area contributed by atoms with Crippen LogP contribution in [0.15, 0.2) is 48.6 Å². The van der Waals surface area contributed by atoms with Gasteiger partial charge in [-0.1, -0.05) is 48.6 Å². The smallest absolute Gasteiger partial charge is 0.109 e. The first-order valence-electron chi connectivity index (χ1n) is 6.30. The fraction of sp³-hybridized carbons (Fsp3) is 0.375. The summed E-state index contributed by atoms with van der Waals surface area (Å²) in [5, 5.41) is 0. The van der Waals surface area contributed by atoms with Gasteiger partial charge in [0.25, 0.3) is 0 Å². The van der Waals surface area contributed by atoms with Crippen LogP contribution in [0.3, 0.4) is 0 Å². The first-order valence-corrected chi connectivity index (χ1v) is 6.30. The van der Waals surface area contributed by atoms with E-state index in [0.717, 1.165) is 13.0 Å². The number of rotatable bonds is 4. The Hall–Kier alpha value is -1.09. The summed E-state index contributed by atoms with van der Waals surface area (Å²) in [7, 11) is 5.98. The van der Waals surface area contributed by atoms with Gasteiger partial charge in [-0.25, -0.2) is 0 Å². The molecular formula is C16H22ClNO. The maximum atomic E-state index is 5.90. The summed E-state index contributed by atoms with van der Waals surface area (Å²) in [4.78, 5) is 2.18. The molecule has 0 aromatic heterocycles. The van der Waals surface area contributed by atoms with Crippen LogP contribution in [-0.2, 0) is 4.74 Å². The van der Waals surface area contributed by atoms with Gasteiger partial charge in [-0.15, -0.1) is 12.4 Å². The molecule has 1 unspecified atom stereocenters. The van der Waals surface area contributed by atoms with Crippen molar-refractivity contribution in [3.8, 4) is 0 Å². The summed E-state index contributed by atoms with van der Waals surface area (Å²) < 4.78 is 5.90. The molecule has 0 saturated carbocycles. The highest BCUT2D eigenvalue weighted by Gasteiger charge is 2.35. The van der Waals surface area contributed by atoms with Gasteiger partial charge in [-0.3, -0.25) is 0 Å². The molecule has 0 heterocycles. The average Bonchev–Trinajstić information content (AvgIpc) is 2.39. The molecular weight excluding hydrogens is 258 g/mol. The molecule has 1 aliphatic rings. The van der Waals surface area contributed by atoms with E-state index in [9.17, 15) is 0 Å². The van der Waals surface area contributed by atoms with Gasteiger partial charge in [-0.05, 0) is 25.2 Å². The average molecular weight is 280 g/mol. The van der Waals surface area contributed by atoms with Crippen LogP contribution >= 0.6 is 12.4 Å². The maximum Gasteiger partial charge on any atom is 0.109 e. The number of benzene rings is 1. The van der Waals surface area contributed by atoms with E-state index < -0.39 is 0 Å². The summed E-state index contributed by atoms with van der Waals surface area (Å²) >= 11 is 0. The first kappa shape index (κ1) is 16.0. The number of hydrogen-bond acceptors (Lipinski definition) is 2. The topological polar surface area (TPSA) is 12.5 Å². The van der Waals surface area contributed by atoms with Gasteiger partial charge in [0.1, 0.15) is 5.60 Å². The standard InChI is InChI=1S/C16H21NO.ClH/c1-17(2)13-16(18-3)12-8-7-11-15(16)14-9-5-4-6-10-14;/h4-11H,12-13H2,1-3H3;1H. The number of hydrogen-bond donors (Lipinski definition) is 0. The zero-order valence-electron chi connectivity index (χ0n) is 11.8. The molecule has 2 rings (SSSR count). The van der Waals surface area contributed by atoms with Crippen LogP contribution in [0.5, 0.6) is 0 Å². The minimum atomic E-state index is -0.237. The lowest BCUT2D eigenvalue weighted by molar-refractivity contribution is 0.0222. The largest absolute Gasteiger partial charge is 0.372 e. The molecule has 0 radical (unpaired) electrons. The quantitative estimate of drug-likeness (QED) is 0.838. The number of nitrogens with zero attached hydrogens (tertiary/aromatic N) is 1. The van der Waals surface area contributed by atoms with Crippen LogP contribution in [0, 0.1) is 0 Å². The zero-order chi connectivity index (χ0) is 13.0. The normalized spacial score (nSPS) is 22.0. The second-order valence-electron chi connectivity index (χ2n) is 5.01. The van der Waals surface area contributed by atoms with Crippen molar-refractivity contribution in [2.24, 2.45) is 0 Å². The molecule has 0 saturated heterocycles. The van der Waals surface area contributed by atoms with Crippen molar-refractivity contribution in [1.82, 2.24) is 4.90 Å². The van der Waals surface area contributed by atoms with Crippen molar-refractivity contribution >= 4 is 18.0 Å². The molecule has 0 fully saturated rings. The van der Waals surface area contributed by atoms with Crippen molar-refractivity contribution in [2.75, 3.05) is 27.7 Å². The van der Waals surface area contributed by atoms with E-state index in [2.05, 4.69) is 61.5 Å². The Kier molecular flexibility index (Phi) is 5.80. The number of allylic oxidation sites excluding steroid dienone is 2. The summed E-state index contributed by atoms with van der Waals surface area (Å²) in [6.45, 7) is 0.883. The number of likely N-dealkylation sites (N-methyl/N-ethyl adjacent to an activating group) is 1. The van der Waals surface area contributed by atoms with Gasteiger partial charge in [0, 0.05) is 20.1 Å². The number of halogens is 1. The van der Waals surface area contributed by atoms with E-state index in [1.807, 2.05) is 6.07 Å². The van der Waals surface area contributed by atoms with Gasteiger partial charge >= 0.3 is 0 Å². The first-order chi connectivity index (χ1) is 8.68. The summed E-state index contributed by atoms with van der Waals surface area (Å²) in [5.74, 6) is 0. The third-order valence-electron chi connectivity index (χ3n) is 3.38. The highest BCUT2D eigenvalue weighted by Crippen LogP contribution is 2.36. The van der Waals surface area contributed by atoms with Crippen molar-refractivity contribution in [3.63, 3.8) is 0 Å². The Balaban J connectivity index is 0.00000180. The van der Waals surface area contributed by atoms with Crippen LogP contribution in [0.25, 0.3) is 5.57 Å².